The highest BCUT2D eigenvalue weighted by Crippen LogP contribution is 2.24. The number of furan rings is 1. The van der Waals surface area contributed by atoms with Gasteiger partial charge in [-0.25, -0.2) is 8.42 Å². The molecule has 1 atom stereocenters. The van der Waals surface area contributed by atoms with Gasteiger partial charge in [-0.2, -0.15) is 4.31 Å². The van der Waals surface area contributed by atoms with Gasteiger partial charge in [-0.05, 0) is 18.6 Å². The van der Waals surface area contributed by atoms with Crippen molar-refractivity contribution in [2.45, 2.75) is 11.5 Å². The minimum atomic E-state index is -3.66. The second kappa shape index (κ2) is 3.91. The topological polar surface area (TPSA) is 87.8 Å². The fraction of sp³-hybridized carbons (Fsp3) is 0.444. The van der Waals surface area contributed by atoms with E-state index in [1.165, 1.54) is 18.4 Å². The van der Waals surface area contributed by atoms with Crippen LogP contribution in [0.5, 0.6) is 0 Å². The van der Waals surface area contributed by atoms with Gasteiger partial charge in [-0.3, -0.25) is 4.79 Å². The summed E-state index contributed by atoms with van der Waals surface area (Å²) in [6.07, 6.45) is 1.62. The number of carboxylic acids is 1. The average Bonchev–Trinajstić information content (AvgIpc) is 2.90. The van der Waals surface area contributed by atoms with E-state index in [9.17, 15) is 13.2 Å². The highest BCUT2D eigenvalue weighted by atomic mass is 32.2. The predicted molar refractivity (Wildman–Crippen MR) is 53.2 cm³/mol. The Kier molecular flexibility index (Phi) is 2.73. The van der Waals surface area contributed by atoms with Crippen LogP contribution in [0.3, 0.4) is 0 Å². The largest absolute Gasteiger partial charge is 0.481 e. The molecule has 1 N–H and O–H groups in total. The number of aliphatic carboxylic acids is 1. The number of sulfonamides is 1. The molecule has 0 radical (unpaired) electrons. The monoisotopic (exact) mass is 245 g/mol. The molecule has 0 aliphatic carbocycles. The minimum Gasteiger partial charge on any atom is -0.481 e. The number of nitrogens with zero attached hydrogens (tertiary/aromatic N) is 1. The zero-order valence-corrected chi connectivity index (χ0v) is 9.18. The van der Waals surface area contributed by atoms with Crippen molar-refractivity contribution in [3.8, 4) is 0 Å². The van der Waals surface area contributed by atoms with Gasteiger partial charge < -0.3 is 9.52 Å². The quantitative estimate of drug-likeness (QED) is 0.831. The molecule has 0 aromatic carbocycles. The lowest BCUT2D eigenvalue weighted by Crippen LogP contribution is -2.29. The molecule has 1 saturated heterocycles. The van der Waals surface area contributed by atoms with E-state index in [0.29, 0.717) is 6.42 Å². The van der Waals surface area contributed by atoms with Crippen molar-refractivity contribution in [1.82, 2.24) is 4.31 Å². The Labute approximate surface area is 92.5 Å². The lowest BCUT2D eigenvalue weighted by atomic mass is 10.1. The van der Waals surface area contributed by atoms with Crippen molar-refractivity contribution in [2.75, 3.05) is 13.1 Å². The zero-order valence-electron chi connectivity index (χ0n) is 8.37. The van der Waals surface area contributed by atoms with Crippen LogP contribution in [0.4, 0.5) is 0 Å². The summed E-state index contributed by atoms with van der Waals surface area (Å²) in [5.41, 5.74) is 0. The van der Waals surface area contributed by atoms with Gasteiger partial charge >= 0.3 is 5.97 Å². The molecular formula is C9H11NO5S. The van der Waals surface area contributed by atoms with Crippen LogP contribution in [0.2, 0.25) is 0 Å². The Balaban J connectivity index is 2.19. The average molecular weight is 245 g/mol. The lowest BCUT2D eigenvalue weighted by molar-refractivity contribution is -0.141. The Morgan fingerprint density at radius 3 is 2.81 bits per heavy atom. The number of carbonyl (C=O) groups is 1. The Morgan fingerprint density at radius 1 is 1.56 bits per heavy atom. The molecule has 0 saturated carbocycles. The number of rotatable bonds is 3. The van der Waals surface area contributed by atoms with Gasteiger partial charge in [-0.15, -0.1) is 0 Å². The molecule has 1 fully saturated rings. The maximum atomic E-state index is 11.9. The van der Waals surface area contributed by atoms with Gasteiger partial charge in [0.2, 0.25) is 5.09 Å². The van der Waals surface area contributed by atoms with Crippen LogP contribution in [0.1, 0.15) is 6.42 Å². The van der Waals surface area contributed by atoms with E-state index in [1.807, 2.05) is 0 Å². The molecule has 1 unspecified atom stereocenters. The van der Waals surface area contributed by atoms with Crippen LogP contribution < -0.4 is 0 Å². The van der Waals surface area contributed by atoms with Crippen LogP contribution in [0, 0.1) is 5.92 Å². The van der Waals surface area contributed by atoms with Crippen LogP contribution >= 0.6 is 0 Å². The zero-order chi connectivity index (χ0) is 11.8. The maximum Gasteiger partial charge on any atom is 0.307 e. The fourth-order valence-electron chi connectivity index (χ4n) is 1.69. The van der Waals surface area contributed by atoms with Crippen molar-refractivity contribution in [2.24, 2.45) is 5.92 Å². The first-order valence-corrected chi connectivity index (χ1v) is 6.22. The molecule has 0 bridgehead atoms. The van der Waals surface area contributed by atoms with Gasteiger partial charge in [0.1, 0.15) is 0 Å². The Hall–Kier alpha value is -1.34. The summed E-state index contributed by atoms with van der Waals surface area (Å²) >= 11 is 0. The van der Waals surface area contributed by atoms with Gasteiger partial charge in [0.05, 0.1) is 12.2 Å². The van der Waals surface area contributed by atoms with E-state index >= 15 is 0 Å². The second-order valence-corrected chi connectivity index (χ2v) is 5.49. The summed E-state index contributed by atoms with van der Waals surface area (Å²) in [7, 11) is -3.66. The Morgan fingerprint density at radius 2 is 2.31 bits per heavy atom. The third-order valence-electron chi connectivity index (χ3n) is 2.59. The van der Waals surface area contributed by atoms with Crippen molar-refractivity contribution in [1.29, 1.82) is 0 Å². The highest BCUT2D eigenvalue weighted by molar-refractivity contribution is 7.89. The highest BCUT2D eigenvalue weighted by Gasteiger charge is 2.36. The van der Waals surface area contributed by atoms with Gasteiger partial charge in [0, 0.05) is 13.1 Å². The molecule has 2 heterocycles. The smallest absolute Gasteiger partial charge is 0.307 e. The molecule has 1 aromatic heterocycles. The molecule has 88 valence electrons. The van der Waals surface area contributed by atoms with Crippen LogP contribution in [0.25, 0.3) is 0 Å². The lowest BCUT2D eigenvalue weighted by Gasteiger charge is -2.13. The molecule has 1 aliphatic rings. The molecule has 6 nitrogen and oxygen atoms in total. The molecule has 7 heteroatoms. The van der Waals surface area contributed by atoms with Gasteiger partial charge in [-0.1, -0.05) is 0 Å². The van der Waals surface area contributed by atoms with Crippen molar-refractivity contribution in [3.05, 3.63) is 18.4 Å². The van der Waals surface area contributed by atoms with Crippen molar-refractivity contribution >= 4 is 16.0 Å². The first-order valence-electron chi connectivity index (χ1n) is 4.78. The molecular weight excluding hydrogens is 234 g/mol. The van der Waals surface area contributed by atoms with E-state index in [-0.39, 0.29) is 18.2 Å². The van der Waals surface area contributed by atoms with E-state index in [1.54, 1.807) is 0 Å². The predicted octanol–water partition coefficient (Wildman–Crippen LogP) is 0.375. The van der Waals surface area contributed by atoms with Gasteiger partial charge in [0.25, 0.3) is 10.0 Å². The van der Waals surface area contributed by atoms with Crippen molar-refractivity contribution in [3.63, 3.8) is 0 Å². The number of hydrogen-bond acceptors (Lipinski definition) is 4. The van der Waals surface area contributed by atoms with E-state index in [4.69, 9.17) is 9.52 Å². The van der Waals surface area contributed by atoms with Crippen LogP contribution in [-0.2, 0) is 14.8 Å². The summed E-state index contributed by atoms with van der Waals surface area (Å²) in [5, 5.41) is 8.64. The molecule has 2 rings (SSSR count). The molecule has 1 aliphatic heterocycles. The van der Waals surface area contributed by atoms with Crippen LogP contribution in [0.15, 0.2) is 27.9 Å². The molecule has 0 spiro atoms. The van der Waals surface area contributed by atoms with E-state index in [2.05, 4.69) is 0 Å². The summed E-state index contributed by atoms with van der Waals surface area (Å²) in [6.45, 7) is 0.234. The van der Waals surface area contributed by atoms with E-state index in [0.717, 1.165) is 4.31 Å². The molecule has 0 amide bonds. The van der Waals surface area contributed by atoms with Crippen molar-refractivity contribution < 1.29 is 22.7 Å². The summed E-state index contributed by atoms with van der Waals surface area (Å²) in [6, 6.07) is 2.83. The van der Waals surface area contributed by atoms with Crippen LogP contribution in [-0.4, -0.2) is 36.9 Å². The SMILES string of the molecule is O=C(O)C1CCN(S(=O)(=O)c2ccco2)C1. The number of hydrogen-bond donors (Lipinski definition) is 1. The minimum absolute atomic E-state index is 0.0123. The third-order valence-corrected chi connectivity index (χ3v) is 4.34. The van der Waals surface area contributed by atoms with Gasteiger partial charge in [0.15, 0.2) is 0 Å². The standard InChI is InChI=1S/C9H11NO5S/c11-9(12)7-3-4-10(6-7)16(13,14)8-2-1-5-15-8/h1-2,5,7H,3-4,6H2,(H,11,12). The fourth-order valence-corrected chi connectivity index (χ4v) is 3.09. The molecule has 16 heavy (non-hydrogen) atoms. The number of carboxylic acid groups (broad SMARTS) is 1. The summed E-state index contributed by atoms with van der Waals surface area (Å²) < 4.78 is 29.8. The summed E-state index contributed by atoms with van der Waals surface area (Å²) in [5.74, 6) is -1.58. The Bertz CT molecular complexity index is 478. The summed E-state index contributed by atoms with van der Waals surface area (Å²) in [4.78, 5) is 10.7. The third kappa shape index (κ3) is 1.83. The van der Waals surface area contributed by atoms with E-state index < -0.39 is 21.9 Å². The second-order valence-electron chi connectivity index (χ2n) is 3.62. The normalized spacial score (nSPS) is 22.4. The molecule has 1 aromatic rings. The first kappa shape index (κ1) is 11.2. The maximum absolute atomic E-state index is 11.9. The first-order chi connectivity index (χ1) is 7.51.